The second-order valence-electron chi connectivity index (χ2n) is 2.93. The van der Waals surface area contributed by atoms with Gasteiger partial charge >= 0.3 is 0 Å². The molecule has 0 fully saturated rings. The van der Waals surface area contributed by atoms with Crippen molar-refractivity contribution >= 4 is 5.91 Å². The number of amides is 1. The molecule has 0 radical (unpaired) electrons. The molecule has 1 rings (SSSR count). The Hall–Kier alpha value is -1.36. The van der Waals surface area contributed by atoms with Crippen LogP contribution < -0.4 is 11.1 Å². The number of hydrogen-bond acceptors (Lipinski definition) is 4. The maximum atomic E-state index is 11.3. The van der Waals surface area contributed by atoms with Crippen LogP contribution in [0.25, 0.3) is 0 Å². The third-order valence-electron chi connectivity index (χ3n) is 1.59. The molecule has 0 bridgehead atoms. The van der Waals surface area contributed by atoms with Gasteiger partial charge < -0.3 is 15.6 Å². The van der Waals surface area contributed by atoms with Crippen LogP contribution in [0.3, 0.4) is 0 Å². The lowest BCUT2D eigenvalue weighted by molar-refractivity contribution is 0.0932. The van der Waals surface area contributed by atoms with Crippen molar-refractivity contribution < 1.29 is 9.32 Å². The molecule has 0 aliphatic rings. The van der Waals surface area contributed by atoms with Gasteiger partial charge in [0.2, 0.25) is 0 Å². The molecule has 1 heterocycles. The Kier molecular flexibility index (Phi) is 3.02. The predicted octanol–water partition coefficient (Wildman–Crippen LogP) is 0.0600. The second-order valence-corrected chi connectivity index (χ2v) is 2.93. The number of hydrogen-bond donors (Lipinski definition) is 2. The molecule has 0 spiro atoms. The molecule has 0 saturated heterocycles. The number of nitrogens with two attached hydrogens (primary N) is 1. The van der Waals surface area contributed by atoms with Gasteiger partial charge in [0.1, 0.15) is 5.76 Å². The van der Waals surface area contributed by atoms with Crippen LogP contribution >= 0.6 is 0 Å². The molecule has 1 amide bonds. The number of carbonyl (C=O) groups excluding carboxylic acids is 1. The first-order chi connectivity index (χ1) is 6.13. The van der Waals surface area contributed by atoms with Crippen LogP contribution in [-0.2, 0) is 0 Å². The summed E-state index contributed by atoms with van der Waals surface area (Å²) >= 11 is 0. The minimum absolute atomic E-state index is 0.0514. The quantitative estimate of drug-likeness (QED) is 0.694. The fourth-order valence-corrected chi connectivity index (χ4v) is 0.830. The molecule has 13 heavy (non-hydrogen) atoms. The highest BCUT2D eigenvalue weighted by molar-refractivity contribution is 5.92. The molecule has 0 aromatic carbocycles. The Balaban J connectivity index is 2.58. The SMILES string of the molecule is Cc1cc(C(=O)N[C@@H](C)CN)no1. The van der Waals surface area contributed by atoms with E-state index in [0.29, 0.717) is 12.3 Å². The Morgan fingerprint density at radius 2 is 2.54 bits per heavy atom. The van der Waals surface area contributed by atoms with Gasteiger partial charge in [-0.3, -0.25) is 4.79 Å². The summed E-state index contributed by atoms with van der Waals surface area (Å²) in [6.07, 6.45) is 0. The Labute approximate surface area is 76.3 Å². The average Bonchev–Trinajstić information content (AvgIpc) is 2.51. The van der Waals surface area contributed by atoms with Crippen LogP contribution in [0.1, 0.15) is 23.2 Å². The monoisotopic (exact) mass is 183 g/mol. The second kappa shape index (κ2) is 4.04. The molecule has 5 nitrogen and oxygen atoms in total. The molecule has 0 aliphatic carbocycles. The van der Waals surface area contributed by atoms with Crippen molar-refractivity contribution in [2.45, 2.75) is 19.9 Å². The molecule has 1 aromatic heterocycles. The van der Waals surface area contributed by atoms with E-state index in [0.717, 1.165) is 0 Å². The summed E-state index contributed by atoms with van der Waals surface area (Å²) < 4.78 is 4.76. The summed E-state index contributed by atoms with van der Waals surface area (Å²) in [4.78, 5) is 11.3. The molecule has 0 aliphatic heterocycles. The summed E-state index contributed by atoms with van der Waals surface area (Å²) in [5.41, 5.74) is 5.63. The minimum atomic E-state index is -0.255. The van der Waals surface area contributed by atoms with Gasteiger partial charge in [-0.1, -0.05) is 5.16 Å². The molecule has 3 N–H and O–H groups in total. The summed E-state index contributed by atoms with van der Waals surface area (Å²) in [5.74, 6) is 0.361. The number of rotatable bonds is 3. The van der Waals surface area contributed by atoms with Crippen LogP contribution in [0.2, 0.25) is 0 Å². The Bertz CT molecular complexity index is 295. The zero-order valence-corrected chi connectivity index (χ0v) is 7.70. The molecule has 1 aromatic rings. The van der Waals surface area contributed by atoms with Gasteiger partial charge in [-0.2, -0.15) is 0 Å². The van der Waals surface area contributed by atoms with Crippen LogP contribution in [-0.4, -0.2) is 23.7 Å². The molecule has 1 atom stereocenters. The molecular formula is C8H13N3O2. The number of carbonyl (C=O) groups is 1. The highest BCUT2D eigenvalue weighted by Crippen LogP contribution is 2.01. The largest absolute Gasteiger partial charge is 0.361 e. The third kappa shape index (κ3) is 2.55. The van der Waals surface area contributed by atoms with Gasteiger partial charge in [0.25, 0.3) is 5.91 Å². The van der Waals surface area contributed by atoms with Crippen molar-refractivity contribution in [1.29, 1.82) is 0 Å². The van der Waals surface area contributed by atoms with E-state index in [2.05, 4.69) is 10.5 Å². The summed E-state index contributed by atoms with van der Waals surface area (Å²) in [6, 6.07) is 1.53. The van der Waals surface area contributed by atoms with Crippen molar-refractivity contribution in [2.24, 2.45) is 5.73 Å². The number of nitrogens with zero attached hydrogens (tertiary/aromatic N) is 1. The lowest BCUT2D eigenvalue weighted by Crippen LogP contribution is -2.37. The molecule has 0 unspecified atom stereocenters. The smallest absolute Gasteiger partial charge is 0.273 e. The fraction of sp³-hybridized carbons (Fsp3) is 0.500. The summed E-state index contributed by atoms with van der Waals surface area (Å²) in [7, 11) is 0. The van der Waals surface area contributed by atoms with Gasteiger partial charge in [-0.15, -0.1) is 0 Å². The Morgan fingerprint density at radius 3 is 3.00 bits per heavy atom. The average molecular weight is 183 g/mol. The van der Waals surface area contributed by atoms with E-state index < -0.39 is 0 Å². The highest BCUT2D eigenvalue weighted by atomic mass is 16.5. The number of aromatic nitrogens is 1. The maximum Gasteiger partial charge on any atom is 0.273 e. The van der Waals surface area contributed by atoms with Crippen molar-refractivity contribution in [2.75, 3.05) is 6.54 Å². The van der Waals surface area contributed by atoms with Crippen molar-refractivity contribution in [3.05, 3.63) is 17.5 Å². The first-order valence-electron chi connectivity index (χ1n) is 4.07. The first kappa shape index (κ1) is 9.73. The number of aryl methyl sites for hydroxylation is 1. The maximum absolute atomic E-state index is 11.3. The van der Waals surface area contributed by atoms with Gasteiger partial charge in [0.15, 0.2) is 5.69 Å². The third-order valence-corrected chi connectivity index (χ3v) is 1.59. The van der Waals surface area contributed by atoms with E-state index >= 15 is 0 Å². The van der Waals surface area contributed by atoms with E-state index in [1.54, 1.807) is 13.0 Å². The molecular weight excluding hydrogens is 170 g/mol. The van der Waals surface area contributed by atoms with Crippen LogP contribution in [0.5, 0.6) is 0 Å². The summed E-state index contributed by atoms with van der Waals surface area (Å²) in [5, 5.41) is 6.25. The highest BCUT2D eigenvalue weighted by Gasteiger charge is 2.12. The van der Waals surface area contributed by atoms with Crippen LogP contribution in [0.4, 0.5) is 0 Å². The van der Waals surface area contributed by atoms with Crippen LogP contribution in [0, 0.1) is 6.92 Å². The predicted molar refractivity (Wildman–Crippen MR) is 47.2 cm³/mol. The zero-order chi connectivity index (χ0) is 9.84. The van der Waals surface area contributed by atoms with Gasteiger partial charge in [0.05, 0.1) is 0 Å². The lowest BCUT2D eigenvalue weighted by atomic mass is 10.3. The van der Waals surface area contributed by atoms with Crippen LogP contribution in [0.15, 0.2) is 10.6 Å². The molecule has 72 valence electrons. The molecule has 0 saturated carbocycles. The van der Waals surface area contributed by atoms with Crippen molar-refractivity contribution in [3.63, 3.8) is 0 Å². The van der Waals surface area contributed by atoms with Gasteiger partial charge in [0, 0.05) is 18.7 Å². The van der Waals surface area contributed by atoms with Gasteiger partial charge in [-0.25, -0.2) is 0 Å². The minimum Gasteiger partial charge on any atom is -0.361 e. The van der Waals surface area contributed by atoms with E-state index in [-0.39, 0.29) is 17.6 Å². The normalized spacial score (nSPS) is 12.5. The number of nitrogens with one attached hydrogen (secondary N) is 1. The van der Waals surface area contributed by atoms with Crippen molar-refractivity contribution in [1.82, 2.24) is 10.5 Å². The standard InChI is InChI=1S/C8H13N3O2/c1-5(4-9)10-8(12)7-3-6(2)13-11-7/h3,5H,4,9H2,1-2H3,(H,10,12)/t5-/m0/s1. The summed E-state index contributed by atoms with van der Waals surface area (Å²) in [6.45, 7) is 3.96. The van der Waals surface area contributed by atoms with E-state index in [4.69, 9.17) is 10.3 Å². The zero-order valence-electron chi connectivity index (χ0n) is 7.70. The van der Waals surface area contributed by atoms with E-state index in [1.807, 2.05) is 6.92 Å². The van der Waals surface area contributed by atoms with E-state index in [1.165, 1.54) is 0 Å². The van der Waals surface area contributed by atoms with Gasteiger partial charge in [-0.05, 0) is 13.8 Å². The fourth-order valence-electron chi connectivity index (χ4n) is 0.830. The van der Waals surface area contributed by atoms with Crippen molar-refractivity contribution in [3.8, 4) is 0 Å². The van der Waals surface area contributed by atoms with E-state index in [9.17, 15) is 4.79 Å². The Morgan fingerprint density at radius 1 is 1.85 bits per heavy atom. The molecule has 5 heteroatoms. The lowest BCUT2D eigenvalue weighted by Gasteiger charge is -2.08. The first-order valence-corrected chi connectivity index (χ1v) is 4.07. The topological polar surface area (TPSA) is 81.2 Å².